The fourth-order valence-corrected chi connectivity index (χ4v) is 3.41. The summed E-state index contributed by atoms with van der Waals surface area (Å²) in [7, 11) is 3.23. The monoisotopic (exact) mass is 402 g/mol. The van der Waals surface area contributed by atoms with Crippen LogP contribution in [-0.4, -0.2) is 30.9 Å². The van der Waals surface area contributed by atoms with Gasteiger partial charge in [0.25, 0.3) is 0 Å². The molecule has 0 radical (unpaired) electrons. The largest absolute Gasteiger partial charge is 0.497 e. The van der Waals surface area contributed by atoms with Gasteiger partial charge >= 0.3 is 5.97 Å². The summed E-state index contributed by atoms with van der Waals surface area (Å²) in [5, 5.41) is 4.23. The molecule has 4 rings (SSSR count). The maximum Gasteiger partial charge on any atom is 0.365 e. The van der Waals surface area contributed by atoms with Gasteiger partial charge in [-0.25, -0.2) is 4.79 Å². The summed E-state index contributed by atoms with van der Waals surface area (Å²) in [6.07, 6.45) is 2.63. The van der Waals surface area contributed by atoms with Crippen molar-refractivity contribution in [2.75, 3.05) is 14.2 Å². The first kappa shape index (κ1) is 19.6. The Bertz CT molecular complexity index is 1030. The zero-order chi connectivity index (χ0) is 20.9. The number of hydrogen-bond donors (Lipinski definition) is 0. The Labute approximate surface area is 175 Å². The van der Waals surface area contributed by atoms with Crippen LogP contribution in [0.3, 0.4) is 0 Å². The molecule has 0 bridgehead atoms. The second-order valence-electron chi connectivity index (χ2n) is 7.02. The zero-order valence-corrected chi connectivity index (χ0v) is 16.8. The van der Waals surface area contributed by atoms with Crippen LogP contribution in [0.4, 0.5) is 0 Å². The van der Waals surface area contributed by atoms with Crippen molar-refractivity contribution in [1.29, 1.82) is 0 Å². The summed E-state index contributed by atoms with van der Waals surface area (Å²) in [4.78, 5) is 22.1. The maximum atomic E-state index is 12.4. The standard InChI is InChI=1S/C24H22N2O4/c1-28-18-10-6-16(7-11-18)20-15-21(20)23(22-5-3-4-14-25-22)26-30-24(27)17-8-12-19(29-2)13-9-17/h3-14,20-21H,15H2,1-2H3/b26-23+/t20-,21+/m0/s1. The van der Waals surface area contributed by atoms with Crippen LogP contribution in [0.2, 0.25) is 0 Å². The van der Waals surface area contributed by atoms with Crippen molar-refractivity contribution in [3.63, 3.8) is 0 Å². The molecule has 0 unspecified atom stereocenters. The lowest BCUT2D eigenvalue weighted by Gasteiger charge is -2.07. The van der Waals surface area contributed by atoms with E-state index >= 15 is 0 Å². The lowest BCUT2D eigenvalue weighted by atomic mass is 10.1. The molecule has 1 aromatic heterocycles. The van der Waals surface area contributed by atoms with Crippen molar-refractivity contribution in [2.24, 2.45) is 11.1 Å². The van der Waals surface area contributed by atoms with Crippen LogP contribution in [0.5, 0.6) is 11.5 Å². The van der Waals surface area contributed by atoms with Crippen LogP contribution in [0.15, 0.2) is 78.1 Å². The van der Waals surface area contributed by atoms with Gasteiger partial charge in [-0.1, -0.05) is 23.4 Å². The summed E-state index contributed by atoms with van der Waals surface area (Å²) in [5.74, 6) is 1.41. The van der Waals surface area contributed by atoms with Gasteiger partial charge in [-0.2, -0.15) is 0 Å². The zero-order valence-electron chi connectivity index (χ0n) is 16.8. The SMILES string of the molecule is COc1ccc(C(=O)O/N=C(/c2ccccn2)[C@@H]2C[C@H]2c2ccc(OC)cc2)cc1. The lowest BCUT2D eigenvalue weighted by Crippen LogP contribution is -2.11. The molecule has 1 fully saturated rings. The molecule has 1 saturated carbocycles. The van der Waals surface area contributed by atoms with Crippen molar-refractivity contribution in [3.8, 4) is 11.5 Å². The number of pyridine rings is 1. The number of hydrogen-bond acceptors (Lipinski definition) is 6. The van der Waals surface area contributed by atoms with Gasteiger partial charge in [-0.3, -0.25) is 4.98 Å². The van der Waals surface area contributed by atoms with Gasteiger partial charge in [0.15, 0.2) is 0 Å². The highest BCUT2D eigenvalue weighted by Crippen LogP contribution is 2.49. The first-order valence-electron chi connectivity index (χ1n) is 9.68. The Morgan fingerprint density at radius 1 is 0.933 bits per heavy atom. The molecule has 1 aliphatic rings. The van der Waals surface area contributed by atoms with Gasteiger partial charge in [0.2, 0.25) is 0 Å². The molecule has 6 heteroatoms. The highest BCUT2D eigenvalue weighted by atomic mass is 16.7. The minimum Gasteiger partial charge on any atom is -0.497 e. The first-order chi connectivity index (χ1) is 14.7. The highest BCUT2D eigenvalue weighted by Gasteiger charge is 2.43. The van der Waals surface area contributed by atoms with E-state index in [9.17, 15) is 4.79 Å². The van der Waals surface area contributed by atoms with Gasteiger partial charge in [0.1, 0.15) is 17.2 Å². The van der Waals surface area contributed by atoms with Crippen molar-refractivity contribution in [2.45, 2.75) is 12.3 Å². The topological polar surface area (TPSA) is 70.0 Å². The molecule has 0 N–H and O–H groups in total. The molecule has 6 nitrogen and oxygen atoms in total. The Kier molecular flexibility index (Phi) is 5.75. The predicted octanol–water partition coefficient (Wildman–Crippen LogP) is 4.46. The quantitative estimate of drug-likeness (QED) is 0.331. The van der Waals surface area contributed by atoms with E-state index in [4.69, 9.17) is 14.3 Å². The van der Waals surface area contributed by atoms with E-state index in [0.29, 0.717) is 28.6 Å². The number of ether oxygens (including phenoxy) is 2. The van der Waals surface area contributed by atoms with E-state index in [1.54, 1.807) is 44.7 Å². The van der Waals surface area contributed by atoms with Crippen LogP contribution in [0.1, 0.15) is 34.0 Å². The van der Waals surface area contributed by atoms with Gasteiger partial charge in [0.05, 0.1) is 25.5 Å². The Hall–Kier alpha value is -3.67. The van der Waals surface area contributed by atoms with Crippen LogP contribution < -0.4 is 9.47 Å². The van der Waals surface area contributed by atoms with Gasteiger partial charge < -0.3 is 14.3 Å². The third-order valence-corrected chi connectivity index (χ3v) is 5.17. The van der Waals surface area contributed by atoms with E-state index in [-0.39, 0.29) is 5.92 Å². The van der Waals surface area contributed by atoms with E-state index in [1.807, 2.05) is 30.3 Å². The number of rotatable bonds is 7. The Balaban J connectivity index is 1.54. The first-order valence-corrected chi connectivity index (χ1v) is 9.68. The normalized spacial score (nSPS) is 17.9. The molecule has 2 aromatic carbocycles. The molecular weight excluding hydrogens is 380 g/mol. The smallest absolute Gasteiger partial charge is 0.365 e. The molecule has 30 heavy (non-hydrogen) atoms. The Morgan fingerprint density at radius 2 is 1.60 bits per heavy atom. The highest BCUT2D eigenvalue weighted by molar-refractivity contribution is 6.03. The molecule has 0 spiro atoms. The van der Waals surface area contributed by atoms with Crippen LogP contribution in [-0.2, 0) is 4.84 Å². The van der Waals surface area contributed by atoms with E-state index in [1.165, 1.54) is 5.56 Å². The molecule has 3 aromatic rings. The average Bonchev–Trinajstić information content (AvgIpc) is 3.60. The molecule has 152 valence electrons. The van der Waals surface area contributed by atoms with E-state index < -0.39 is 5.97 Å². The van der Waals surface area contributed by atoms with Crippen LogP contribution in [0, 0.1) is 5.92 Å². The minimum absolute atomic E-state index is 0.136. The molecular formula is C24H22N2O4. The Morgan fingerprint density at radius 3 is 2.20 bits per heavy atom. The number of carbonyl (C=O) groups excluding carboxylic acids is 1. The number of aromatic nitrogens is 1. The number of methoxy groups -OCH3 is 2. The summed E-state index contributed by atoms with van der Waals surface area (Å²) in [5.41, 5.74) is 2.99. The second-order valence-corrected chi connectivity index (χ2v) is 7.02. The second kappa shape index (κ2) is 8.78. The number of nitrogens with zero attached hydrogens (tertiary/aromatic N) is 2. The lowest BCUT2D eigenvalue weighted by molar-refractivity contribution is 0.0515. The van der Waals surface area contributed by atoms with Crippen LogP contribution in [0.25, 0.3) is 0 Å². The van der Waals surface area contributed by atoms with Crippen LogP contribution >= 0.6 is 0 Å². The third kappa shape index (κ3) is 4.33. The van der Waals surface area contributed by atoms with Gasteiger partial charge in [-0.05, 0) is 66.4 Å². The van der Waals surface area contributed by atoms with Gasteiger partial charge in [-0.15, -0.1) is 0 Å². The summed E-state index contributed by atoms with van der Waals surface area (Å²) in [6, 6.07) is 20.4. The number of benzene rings is 2. The molecule has 0 aliphatic heterocycles. The summed E-state index contributed by atoms with van der Waals surface area (Å²) >= 11 is 0. The summed E-state index contributed by atoms with van der Waals surface area (Å²) in [6.45, 7) is 0. The number of carbonyl (C=O) groups is 1. The molecule has 1 heterocycles. The fraction of sp³-hybridized carbons (Fsp3) is 0.208. The number of oxime groups is 1. The molecule has 2 atom stereocenters. The average molecular weight is 402 g/mol. The van der Waals surface area contributed by atoms with Gasteiger partial charge in [0, 0.05) is 12.1 Å². The van der Waals surface area contributed by atoms with E-state index in [0.717, 1.165) is 12.2 Å². The molecule has 0 saturated heterocycles. The summed E-state index contributed by atoms with van der Waals surface area (Å²) < 4.78 is 10.4. The minimum atomic E-state index is -0.521. The third-order valence-electron chi connectivity index (χ3n) is 5.17. The predicted molar refractivity (Wildman–Crippen MR) is 113 cm³/mol. The van der Waals surface area contributed by atoms with E-state index in [2.05, 4.69) is 22.3 Å². The van der Waals surface area contributed by atoms with Crippen molar-refractivity contribution >= 4 is 11.7 Å². The maximum absolute atomic E-state index is 12.4. The van der Waals surface area contributed by atoms with Crippen molar-refractivity contribution in [3.05, 3.63) is 89.7 Å². The fourth-order valence-electron chi connectivity index (χ4n) is 3.41. The molecule has 0 amide bonds. The molecule has 1 aliphatic carbocycles. The van der Waals surface area contributed by atoms with Crippen molar-refractivity contribution in [1.82, 2.24) is 4.98 Å². The van der Waals surface area contributed by atoms with Crippen molar-refractivity contribution < 1.29 is 19.1 Å².